The molecule has 0 aromatic carbocycles. The van der Waals surface area contributed by atoms with Crippen molar-refractivity contribution in [1.82, 2.24) is 0 Å². The molecule has 0 aromatic heterocycles. The van der Waals surface area contributed by atoms with Crippen molar-refractivity contribution in [2.45, 2.75) is 38.6 Å². The molecule has 3 nitrogen and oxygen atoms in total. The summed E-state index contributed by atoms with van der Waals surface area (Å²) in [6.45, 7) is 1.97. The first-order valence-electron chi connectivity index (χ1n) is 3.99. The number of rotatable bonds is 5. The van der Waals surface area contributed by atoms with Gasteiger partial charge in [-0.2, -0.15) is 0 Å². The van der Waals surface area contributed by atoms with E-state index in [1.54, 1.807) is 0 Å². The fourth-order valence-electron chi connectivity index (χ4n) is 0.838. The predicted octanol–water partition coefficient (Wildman–Crippen LogP) is 1.07. The zero-order valence-electron chi connectivity index (χ0n) is 7.30. The van der Waals surface area contributed by atoms with Gasteiger partial charge in [0.05, 0.1) is 7.11 Å². The number of esters is 1. The molecule has 0 heterocycles. The standard InChI is InChI=1S/C8H17NO2/c1-7(9)5-3-4-6-8(10)11-2/h7H,3-6,9H2,1-2H3. The van der Waals surface area contributed by atoms with E-state index in [-0.39, 0.29) is 12.0 Å². The molecule has 3 heteroatoms. The number of nitrogens with two attached hydrogens (primary N) is 1. The molecule has 11 heavy (non-hydrogen) atoms. The van der Waals surface area contributed by atoms with Crippen LogP contribution in [0, 0.1) is 0 Å². The van der Waals surface area contributed by atoms with E-state index >= 15 is 0 Å². The Labute approximate surface area is 67.9 Å². The minimum absolute atomic E-state index is 0.130. The molecular weight excluding hydrogens is 142 g/mol. The third-order valence-electron chi connectivity index (χ3n) is 1.52. The third-order valence-corrected chi connectivity index (χ3v) is 1.52. The van der Waals surface area contributed by atoms with Gasteiger partial charge in [-0.1, -0.05) is 6.42 Å². The van der Waals surface area contributed by atoms with Gasteiger partial charge in [-0.05, 0) is 19.8 Å². The Bertz CT molecular complexity index is 113. The SMILES string of the molecule is COC(=O)CCCCC(C)N. The van der Waals surface area contributed by atoms with Crippen molar-refractivity contribution in [2.24, 2.45) is 5.73 Å². The molecule has 0 aliphatic heterocycles. The van der Waals surface area contributed by atoms with Crippen molar-refractivity contribution in [3.63, 3.8) is 0 Å². The monoisotopic (exact) mass is 159 g/mol. The van der Waals surface area contributed by atoms with Crippen LogP contribution in [0.5, 0.6) is 0 Å². The second kappa shape index (κ2) is 6.16. The van der Waals surface area contributed by atoms with Crippen LogP contribution in [0.25, 0.3) is 0 Å². The Hall–Kier alpha value is -0.570. The smallest absolute Gasteiger partial charge is 0.305 e. The summed E-state index contributed by atoms with van der Waals surface area (Å²) in [7, 11) is 1.41. The number of carbonyl (C=O) groups is 1. The minimum Gasteiger partial charge on any atom is -0.469 e. The van der Waals surface area contributed by atoms with Crippen LogP contribution in [0.2, 0.25) is 0 Å². The first kappa shape index (κ1) is 10.4. The van der Waals surface area contributed by atoms with Crippen LogP contribution in [0.4, 0.5) is 0 Å². The maximum atomic E-state index is 10.6. The Kier molecular flexibility index (Phi) is 5.84. The molecule has 0 fully saturated rings. The Morgan fingerprint density at radius 3 is 2.64 bits per heavy atom. The largest absolute Gasteiger partial charge is 0.469 e. The Morgan fingerprint density at radius 1 is 1.55 bits per heavy atom. The molecule has 0 bridgehead atoms. The zero-order valence-corrected chi connectivity index (χ0v) is 7.30. The number of ether oxygens (including phenoxy) is 1. The highest BCUT2D eigenvalue weighted by Gasteiger charge is 1.99. The van der Waals surface area contributed by atoms with E-state index in [4.69, 9.17) is 5.73 Å². The highest BCUT2D eigenvalue weighted by atomic mass is 16.5. The minimum atomic E-state index is -0.130. The van der Waals surface area contributed by atoms with E-state index in [1.165, 1.54) is 7.11 Å². The molecule has 0 amide bonds. The van der Waals surface area contributed by atoms with Gasteiger partial charge in [-0.25, -0.2) is 0 Å². The topological polar surface area (TPSA) is 52.3 Å². The maximum absolute atomic E-state index is 10.6. The van der Waals surface area contributed by atoms with Crippen LogP contribution >= 0.6 is 0 Å². The van der Waals surface area contributed by atoms with Crippen molar-refractivity contribution >= 4 is 5.97 Å². The van der Waals surface area contributed by atoms with Gasteiger partial charge in [0, 0.05) is 12.5 Å². The summed E-state index contributed by atoms with van der Waals surface area (Å²) in [5.74, 6) is -0.130. The van der Waals surface area contributed by atoms with Gasteiger partial charge in [-0.3, -0.25) is 4.79 Å². The van der Waals surface area contributed by atoms with Crippen LogP contribution in [-0.2, 0) is 9.53 Å². The first-order chi connectivity index (χ1) is 5.16. The van der Waals surface area contributed by atoms with Gasteiger partial charge in [0.2, 0.25) is 0 Å². The van der Waals surface area contributed by atoms with Crippen LogP contribution in [0.15, 0.2) is 0 Å². The van der Waals surface area contributed by atoms with Crippen LogP contribution in [0.3, 0.4) is 0 Å². The molecule has 0 rings (SSSR count). The average Bonchev–Trinajstić information content (AvgIpc) is 1.97. The van der Waals surface area contributed by atoms with E-state index < -0.39 is 0 Å². The number of carbonyl (C=O) groups excluding carboxylic acids is 1. The molecular formula is C8H17NO2. The van der Waals surface area contributed by atoms with Crippen molar-refractivity contribution < 1.29 is 9.53 Å². The summed E-state index contributed by atoms with van der Waals surface area (Å²) in [5.41, 5.74) is 5.53. The number of methoxy groups -OCH3 is 1. The lowest BCUT2D eigenvalue weighted by Crippen LogP contribution is -2.14. The second-order valence-corrected chi connectivity index (χ2v) is 2.80. The number of hydrogen-bond acceptors (Lipinski definition) is 3. The fraction of sp³-hybridized carbons (Fsp3) is 0.875. The molecule has 66 valence electrons. The number of hydrogen-bond donors (Lipinski definition) is 1. The molecule has 0 saturated carbocycles. The predicted molar refractivity (Wildman–Crippen MR) is 44.1 cm³/mol. The normalized spacial score (nSPS) is 12.6. The third kappa shape index (κ3) is 7.33. The Morgan fingerprint density at radius 2 is 2.18 bits per heavy atom. The van der Waals surface area contributed by atoms with E-state index in [1.807, 2.05) is 6.92 Å². The molecule has 0 aliphatic carbocycles. The summed E-state index contributed by atoms with van der Waals surface area (Å²) in [6, 6.07) is 0.243. The highest BCUT2D eigenvalue weighted by Crippen LogP contribution is 2.02. The van der Waals surface area contributed by atoms with Crippen molar-refractivity contribution in [3.8, 4) is 0 Å². The van der Waals surface area contributed by atoms with E-state index in [0.717, 1.165) is 19.3 Å². The lowest BCUT2D eigenvalue weighted by atomic mass is 10.1. The lowest BCUT2D eigenvalue weighted by Gasteiger charge is -2.02. The summed E-state index contributed by atoms with van der Waals surface area (Å²) in [4.78, 5) is 10.6. The van der Waals surface area contributed by atoms with Gasteiger partial charge in [0.15, 0.2) is 0 Å². The van der Waals surface area contributed by atoms with Crippen LogP contribution < -0.4 is 5.73 Å². The van der Waals surface area contributed by atoms with Crippen molar-refractivity contribution in [2.75, 3.05) is 7.11 Å². The zero-order chi connectivity index (χ0) is 8.69. The quantitative estimate of drug-likeness (QED) is 0.482. The van der Waals surface area contributed by atoms with E-state index in [9.17, 15) is 4.79 Å². The van der Waals surface area contributed by atoms with Gasteiger partial charge in [0.1, 0.15) is 0 Å². The first-order valence-corrected chi connectivity index (χ1v) is 3.99. The molecule has 2 N–H and O–H groups in total. The average molecular weight is 159 g/mol. The van der Waals surface area contributed by atoms with Gasteiger partial charge in [-0.15, -0.1) is 0 Å². The van der Waals surface area contributed by atoms with Gasteiger partial charge >= 0.3 is 5.97 Å². The molecule has 1 atom stereocenters. The summed E-state index contributed by atoms with van der Waals surface area (Å²) in [5, 5.41) is 0. The van der Waals surface area contributed by atoms with Gasteiger partial charge in [0.25, 0.3) is 0 Å². The molecule has 1 unspecified atom stereocenters. The summed E-state index contributed by atoms with van der Waals surface area (Å²) in [6.07, 6.45) is 3.39. The van der Waals surface area contributed by atoms with Crippen molar-refractivity contribution in [3.05, 3.63) is 0 Å². The van der Waals surface area contributed by atoms with E-state index in [2.05, 4.69) is 4.74 Å². The van der Waals surface area contributed by atoms with Crippen LogP contribution in [0.1, 0.15) is 32.6 Å². The van der Waals surface area contributed by atoms with Crippen LogP contribution in [-0.4, -0.2) is 19.1 Å². The van der Waals surface area contributed by atoms with Crippen molar-refractivity contribution in [1.29, 1.82) is 0 Å². The molecule has 0 spiro atoms. The maximum Gasteiger partial charge on any atom is 0.305 e. The second-order valence-electron chi connectivity index (χ2n) is 2.80. The fourth-order valence-corrected chi connectivity index (χ4v) is 0.838. The van der Waals surface area contributed by atoms with Gasteiger partial charge < -0.3 is 10.5 Å². The summed E-state index contributed by atoms with van der Waals surface area (Å²) < 4.78 is 4.49. The molecule has 0 saturated heterocycles. The van der Waals surface area contributed by atoms with E-state index in [0.29, 0.717) is 6.42 Å². The lowest BCUT2D eigenvalue weighted by molar-refractivity contribution is -0.140. The molecule has 0 aromatic rings. The summed E-state index contributed by atoms with van der Waals surface area (Å²) >= 11 is 0. The Balaban J connectivity index is 3.08. The molecule has 0 radical (unpaired) electrons. The highest BCUT2D eigenvalue weighted by molar-refractivity contribution is 5.68. The molecule has 0 aliphatic rings. The number of unbranched alkanes of at least 4 members (excludes halogenated alkanes) is 1.